The number of hydrogen-bond donors (Lipinski definition) is 0. The Balaban J connectivity index is 0.00000121. The summed E-state index contributed by atoms with van der Waals surface area (Å²) in [5.74, 6) is -0.734. The Morgan fingerprint density at radius 2 is 1.83 bits per heavy atom. The number of halogens is 4. The standard InChI is InChI=1S/C7H3ClF3.Li/c8-6-3-1-5(2-4-6)7(9,10)11;/h1-3H;. The van der Waals surface area contributed by atoms with E-state index in [-0.39, 0.29) is 23.9 Å². The molecule has 0 amide bonds. The molecule has 0 saturated heterocycles. The third-order valence-electron chi connectivity index (χ3n) is 1.10. The molecule has 0 saturated carbocycles. The topological polar surface area (TPSA) is 0 Å². The molecule has 0 N–H and O–H groups in total. The van der Waals surface area contributed by atoms with Gasteiger partial charge in [-0.3, -0.25) is 0 Å². The Hall–Kier alpha value is -0.0626. The van der Waals surface area contributed by atoms with Crippen LogP contribution in [0, 0.1) is 5.92 Å². The molecule has 0 fully saturated rings. The van der Waals surface area contributed by atoms with Crippen molar-refractivity contribution >= 4 is 30.5 Å². The molecule has 0 bridgehead atoms. The van der Waals surface area contributed by atoms with E-state index in [0.29, 0.717) is 0 Å². The quantitative estimate of drug-likeness (QED) is 0.403. The molecular weight excluding hydrogens is 183 g/mol. The number of allylic oxidation sites excluding steroid dienone is 3. The molecular formula is C7H3ClF3Li. The van der Waals surface area contributed by atoms with Gasteiger partial charge in [0.05, 0.1) is 5.03 Å². The van der Waals surface area contributed by atoms with Crippen LogP contribution in [-0.2, 0) is 0 Å². The van der Waals surface area contributed by atoms with Crippen LogP contribution >= 0.6 is 11.6 Å². The fraction of sp³-hybridized carbons (Fsp3) is 0.143. The summed E-state index contributed by atoms with van der Waals surface area (Å²) in [6.45, 7) is 0. The number of alkyl halides is 3. The van der Waals surface area contributed by atoms with Crippen LogP contribution in [0.3, 0.4) is 0 Å². The Morgan fingerprint density at radius 3 is 2.17 bits per heavy atom. The van der Waals surface area contributed by atoms with Gasteiger partial charge in [-0.15, -0.1) is 5.73 Å². The van der Waals surface area contributed by atoms with E-state index in [1.807, 2.05) is 0 Å². The van der Waals surface area contributed by atoms with Crippen molar-refractivity contribution in [1.29, 1.82) is 0 Å². The van der Waals surface area contributed by atoms with Crippen molar-refractivity contribution in [1.82, 2.24) is 0 Å². The van der Waals surface area contributed by atoms with Crippen molar-refractivity contribution in [3.63, 3.8) is 0 Å². The summed E-state index contributed by atoms with van der Waals surface area (Å²) >= 11 is 5.34. The molecule has 1 rings (SSSR count). The monoisotopic (exact) mass is 186 g/mol. The Labute approximate surface area is 85.0 Å². The average Bonchev–Trinajstić information content (AvgIpc) is 1.86. The SMILES string of the molecule is FC(F)(F)[C]1C=C=C(Cl)C=C1.[Li]. The van der Waals surface area contributed by atoms with E-state index >= 15 is 0 Å². The van der Waals surface area contributed by atoms with E-state index in [1.165, 1.54) is 0 Å². The zero-order valence-corrected chi connectivity index (χ0v) is 7.00. The molecule has 0 aromatic rings. The molecule has 0 heterocycles. The Morgan fingerprint density at radius 1 is 1.25 bits per heavy atom. The van der Waals surface area contributed by atoms with Gasteiger partial charge < -0.3 is 0 Å². The van der Waals surface area contributed by atoms with Gasteiger partial charge in [0.25, 0.3) is 0 Å². The second kappa shape index (κ2) is 4.25. The maximum Gasteiger partial charge on any atom is 0.403 e. The summed E-state index contributed by atoms with van der Waals surface area (Å²) in [5, 5.41) is 0.179. The Bertz CT molecular complexity index is 248. The molecule has 0 spiro atoms. The second-order valence-corrected chi connectivity index (χ2v) is 2.33. The maximum absolute atomic E-state index is 11.9. The van der Waals surface area contributed by atoms with E-state index < -0.39 is 12.1 Å². The fourth-order valence-corrected chi connectivity index (χ4v) is 0.700. The normalized spacial score (nSPS) is 17.2. The van der Waals surface area contributed by atoms with Crippen molar-refractivity contribution in [2.45, 2.75) is 6.18 Å². The van der Waals surface area contributed by atoms with Crippen LogP contribution in [0.1, 0.15) is 0 Å². The predicted molar refractivity (Wildman–Crippen MR) is 41.6 cm³/mol. The molecule has 12 heavy (non-hydrogen) atoms. The van der Waals surface area contributed by atoms with Crippen LogP contribution in [0.4, 0.5) is 13.2 Å². The smallest absolute Gasteiger partial charge is 0.170 e. The van der Waals surface area contributed by atoms with E-state index in [4.69, 9.17) is 11.6 Å². The first-order valence-electron chi connectivity index (χ1n) is 2.74. The molecule has 0 unspecified atom stereocenters. The molecule has 5 heteroatoms. The van der Waals surface area contributed by atoms with E-state index in [2.05, 4.69) is 5.73 Å². The number of hydrogen-bond acceptors (Lipinski definition) is 0. The van der Waals surface area contributed by atoms with E-state index in [0.717, 1.165) is 18.2 Å². The summed E-state index contributed by atoms with van der Waals surface area (Å²) in [6.07, 6.45) is -1.41. The van der Waals surface area contributed by atoms with Crippen LogP contribution in [0.5, 0.6) is 0 Å². The first kappa shape index (κ1) is 11.9. The number of rotatable bonds is 0. The molecule has 60 valence electrons. The van der Waals surface area contributed by atoms with Gasteiger partial charge in [0.2, 0.25) is 0 Å². The van der Waals surface area contributed by atoms with Crippen molar-refractivity contribution in [3.8, 4) is 0 Å². The molecule has 0 atom stereocenters. The van der Waals surface area contributed by atoms with Gasteiger partial charge in [-0.25, -0.2) is 0 Å². The summed E-state index contributed by atoms with van der Waals surface area (Å²) in [7, 11) is 0. The predicted octanol–water partition coefficient (Wildman–Crippen LogP) is 2.59. The average molecular weight is 186 g/mol. The van der Waals surface area contributed by atoms with Crippen molar-refractivity contribution in [2.75, 3.05) is 0 Å². The summed E-state index contributed by atoms with van der Waals surface area (Å²) in [5.41, 5.74) is 2.25. The largest absolute Gasteiger partial charge is 0.403 e. The molecule has 0 aromatic heterocycles. The van der Waals surface area contributed by atoms with Crippen LogP contribution in [0.2, 0.25) is 0 Å². The molecule has 1 aliphatic carbocycles. The van der Waals surface area contributed by atoms with Gasteiger partial charge >= 0.3 is 6.18 Å². The molecule has 0 aliphatic heterocycles. The minimum atomic E-state index is -4.30. The molecule has 2 radical (unpaired) electrons. The van der Waals surface area contributed by atoms with Gasteiger partial charge in [-0.05, 0) is 12.2 Å². The molecule has 0 aromatic carbocycles. The van der Waals surface area contributed by atoms with Crippen LogP contribution in [-0.4, -0.2) is 25.0 Å². The first-order chi connectivity index (χ1) is 5.00. The van der Waals surface area contributed by atoms with Crippen LogP contribution in [0.25, 0.3) is 0 Å². The zero-order chi connectivity index (χ0) is 8.48. The Kier molecular flexibility index (Phi) is 4.23. The third-order valence-corrected chi connectivity index (χ3v) is 1.34. The minimum absolute atomic E-state index is 0. The van der Waals surface area contributed by atoms with Crippen LogP contribution < -0.4 is 0 Å². The fourth-order valence-electron chi connectivity index (χ4n) is 0.582. The minimum Gasteiger partial charge on any atom is -0.170 e. The van der Waals surface area contributed by atoms with Gasteiger partial charge in [0.15, 0.2) is 0 Å². The van der Waals surface area contributed by atoms with Crippen LogP contribution in [0.15, 0.2) is 29.0 Å². The van der Waals surface area contributed by atoms with Gasteiger partial charge in [0.1, 0.15) is 5.92 Å². The van der Waals surface area contributed by atoms with Crippen molar-refractivity contribution in [3.05, 3.63) is 34.9 Å². The van der Waals surface area contributed by atoms with Crippen molar-refractivity contribution in [2.24, 2.45) is 0 Å². The third kappa shape index (κ3) is 3.13. The maximum atomic E-state index is 11.9. The van der Waals surface area contributed by atoms with Gasteiger partial charge in [-0.2, -0.15) is 13.2 Å². The summed E-state index contributed by atoms with van der Waals surface area (Å²) < 4.78 is 35.6. The van der Waals surface area contributed by atoms with E-state index in [9.17, 15) is 13.2 Å². The second-order valence-electron chi connectivity index (χ2n) is 1.92. The molecule has 1 aliphatic rings. The van der Waals surface area contributed by atoms with Crippen molar-refractivity contribution < 1.29 is 13.2 Å². The van der Waals surface area contributed by atoms with Gasteiger partial charge in [-0.1, -0.05) is 17.7 Å². The molecule has 0 nitrogen and oxygen atoms in total. The zero-order valence-electron chi connectivity index (χ0n) is 6.24. The summed E-state index contributed by atoms with van der Waals surface area (Å²) in [4.78, 5) is 0. The summed E-state index contributed by atoms with van der Waals surface area (Å²) in [6, 6.07) is 0. The van der Waals surface area contributed by atoms with E-state index in [1.54, 1.807) is 0 Å². The first-order valence-corrected chi connectivity index (χ1v) is 3.12. The van der Waals surface area contributed by atoms with Gasteiger partial charge in [0, 0.05) is 18.9 Å².